The average molecular weight is 322 g/mol. The van der Waals surface area contributed by atoms with Crippen LogP contribution in [0.4, 0.5) is 5.69 Å². The molecule has 2 aliphatic carbocycles. The third-order valence-corrected chi connectivity index (χ3v) is 5.17. The van der Waals surface area contributed by atoms with Gasteiger partial charge in [0.2, 0.25) is 0 Å². The summed E-state index contributed by atoms with van der Waals surface area (Å²) in [5, 5.41) is 7.35. The summed E-state index contributed by atoms with van der Waals surface area (Å²) in [5.41, 5.74) is 6.94. The van der Waals surface area contributed by atoms with Crippen molar-refractivity contribution in [1.82, 2.24) is 5.32 Å². The average Bonchev–Trinajstić information content (AvgIpc) is 2.58. The van der Waals surface area contributed by atoms with Gasteiger partial charge in [0.05, 0.1) is 11.4 Å². The lowest BCUT2D eigenvalue weighted by atomic mass is 9.84. The standard InChI is InChI=1S/C22H30N2/c1-15-16(2)21(20(15)23-17-11-7-6-8-12-17)24-19-14-10-9-13-18(19)22(3,4)5/h9-10,13-14,17,23-24H,1-2,6-8,11-12H2,3-5H3. The Bertz CT molecular complexity index is 682. The number of allylic oxidation sites excluding steroid dienone is 2. The van der Waals surface area contributed by atoms with Crippen LogP contribution >= 0.6 is 0 Å². The summed E-state index contributed by atoms with van der Waals surface area (Å²) in [4.78, 5) is 0. The molecule has 1 aromatic carbocycles. The number of benzene rings is 1. The third kappa shape index (κ3) is 3.28. The van der Waals surface area contributed by atoms with Crippen molar-refractivity contribution in [3.05, 3.63) is 65.5 Å². The number of nitrogens with one attached hydrogen (secondary N) is 2. The molecule has 3 rings (SSSR count). The minimum atomic E-state index is 0.100. The molecule has 0 atom stereocenters. The molecule has 0 spiro atoms. The molecule has 0 aromatic heterocycles. The highest BCUT2D eigenvalue weighted by atomic mass is 15.0. The van der Waals surface area contributed by atoms with Gasteiger partial charge in [-0.25, -0.2) is 0 Å². The second kappa shape index (κ2) is 6.51. The summed E-state index contributed by atoms with van der Waals surface area (Å²) in [5.74, 6) is 0. The molecule has 24 heavy (non-hydrogen) atoms. The Morgan fingerprint density at radius 2 is 1.54 bits per heavy atom. The Labute approximate surface area is 146 Å². The molecule has 0 aliphatic heterocycles. The van der Waals surface area contributed by atoms with E-state index in [1.807, 2.05) is 0 Å². The summed E-state index contributed by atoms with van der Waals surface area (Å²) in [6, 6.07) is 9.12. The smallest absolute Gasteiger partial charge is 0.0700 e. The minimum Gasteiger partial charge on any atom is -0.380 e. The summed E-state index contributed by atoms with van der Waals surface area (Å²) >= 11 is 0. The van der Waals surface area contributed by atoms with Gasteiger partial charge < -0.3 is 10.6 Å². The van der Waals surface area contributed by atoms with Crippen LogP contribution in [-0.2, 0) is 5.41 Å². The largest absolute Gasteiger partial charge is 0.380 e. The molecule has 0 bridgehead atoms. The number of para-hydroxylation sites is 1. The second-order valence-corrected chi connectivity index (χ2v) is 8.11. The molecule has 0 saturated heterocycles. The van der Waals surface area contributed by atoms with Crippen LogP contribution in [0.3, 0.4) is 0 Å². The molecule has 1 aromatic rings. The van der Waals surface area contributed by atoms with Gasteiger partial charge in [0.25, 0.3) is 0 Å². The first-order chi connectivity index (χ1) is 11.4. The predicted octanol–water partition coefficient (Wildman–Crippen LogP) is 5.66. The SMILES string of the molecule is C=C1C(=C)C(NC2CCCCC2)=C1Nc1ccccc1C(C)(C)C. The van der Waals surface area contributed by atoms with E-state index in [9.17, 15) is 0 Å². The van der Waals surface area contributed by atoms with Crippen LogP contribution in [0.25, 0.3) is 0 Å². The van der Waals surface area contributed by atoms with Crippen molar-refractivity contribution >= 4 is 5.69 Å². The number of hydrogen-bond acceptors (Lipinski definition) is 2. The van der Waals surface area contributed by atoms with Crippen molar-refractivity contribution in [3.63, 3.8) is 0 Å². The lowest BCUT2D eigenvalue weighted by Crippen LogP contribution is -2.37. The molecule has 2 aliphatic rings. The normalized spacial score (nSPS) is 19.3. The maximum atomic E-state index is 4.19. The first-order valence-corrected chi connectivity index (χ1v) is 9.14. The molecule has 128 valence electrons. The van der Waals surface area contributed by atoms with Crippen molar-refractivity contribution in [3.8, 4) is 0 Å². The molecule has 0 heterocycles. The highest BCUT2D eigenvalue weighted by Crippen LogP contribution is 2.39. The zero-order valence-electron chi connectivity index (χ0n) is 15.3. The van der Waals surface area contributed by atoms with Gasteiger partial charge in [-0.2, -0.15) is 0 Å². The molecule has 0 radical (unpaired) electrons. The predicted molar refractivity (Wildman–Crippen MR) is 104 cm³/mol. The molecular weight excluding hydrogens is 292 g/mol. The van der Waals surface area contributed by atoms with Crippen molar-refractivity contribution < 1.29 is 0 Å². The zero-order valence-corrected chi connectivity index (χ0v) is 15.3. The quantitative estimate of drug-likeness (QED) is 0.748. The molecule has 1 saturated carbocycles. The maximum absolute atomic E-state index is 4.19. The van der Waals surface area contributed by atoms with Crippen LogP contribution in [0.5, 0.6) is 0 Å². The number of hydrogen-bond donors (Lipinski definition) is 2. The zero-order chi connectivity index (χ0) is 17.3. The first-order valence-electron chi connectivity index (χ1n) is 9.14. The van der Waals surface area contributed by atoms with E-state index in [0.717, 1.165) is 28.2 Å². The Balaban J connectivity index is 1.85. The van der Waals surface area contributed by atoms with Crippen LogP contribution in [0.2, 0.25) is 0 Å². The Hall–Kier alpha value is -1.96. The van der Waals surface area contributed by atoms with Gasteiger partial charge >= 0.3 is 0 Å². The van der Waals surface area contributed by atoms with Crippen molar-refractivity contribution in [1.29, 1.82) is 0 Å². The molecule has 2 nitrogen and oxygen atoms in total. The molecule has 1 fully saturated rings. The van der Waals surface area contributed by atoms with Crippen LogP contribution in [0.15, 0.2) is 60.0 Å². The van der Waals surface area contributed by atoms with Crippen molar-refractivity contribution in [2.75, 3.05) is 5.32 Å². The number of rotatable bonds is 4. The van der Waals surface area contributed by atoms with Crippen LogP contribution in [0, 0.1) is 0 Å². The summed E-state index contributed by atoms with van der Waals surface area (Å²) < 4.78 is 0. The van der Waals surface area contributed by atoms with E-state index in [1.54, 1.807) is 0 Å². The third-order valence-electron chi connectivity index (χ3n) is 5.17. The van der Waals surface area contributed by atoms with Gasteiger partial charge in [-0.05, 0) is 29.9 Å². The first kappa shape index (κ1) is 16.9. The second-order valence-electron chi connectivity index (χ2n) is 8.11. The highest BCUT2D eigenvalue weighted by molar-refractivity contribution is 5.74. The van der Waals surface area contributed by atoms with Gasteiger partial charge in [-0.15, -0.1) is 0 Å². The molecule has 0 unspecified atom stereocenters. The maximum Gasteiger partial charge on any atom is 0.0700 e. The van der Waals surface area contributed by atoms with E-state index in [4.69, 9.17) is 0 Å². The minimum absolute atomic E-state index is 0.100. The van der Waals surface area contributed by atoms with Gasteiger partial charge in [0.1, 0.15) is 0 Å². The molecule has 2 heteroatoms. The molecule has 0 amide bonds. The van der Waals surface area contributed by atoms with Crippen molar-refractivity contribution in [2.45, 2.75) is 64.3 Å². The van der Waals surface area contributed by atoms with E-state index in [0.29, 0.717) is 6.04 Å². The lowest BCUT2D eigenvalue weighted by molar-refractivity contribution is 0.396. The Morgan fingerprint density at radius 3 is 2.21 bits per heavy atom. The Morgan fingerprint density at radius 1 is 0.917 bits per heavy atom. The summed E-state index contributed by atoms with van der Waals surface area (Å²) in [7, 11) is 0. The van der Waals surface area contributed by atoms with Crippen LogP contribution < -0.4 is 10.6 Å². The highest BCUT2D eigenvalue weighted by Gasteiger charge is 2.30. The fraction of sp³-hybridized carbons (Fsp3) is 0.455. The number of anilines is 1. The van der Waals surface area contributed by atoms with E-state index >= 15 is 0 Å². The van der Waals surface area contributed by atoms with E-state index in [-0.39, 0.29) is 5.41 Å². The lowest BCUT2D eigenvalue weighted by Gasteiger charge is -2.36. The van der Waals surface area contributed by atoms with Crippen LogP contribution in [0.1, 0.15) is 58.4 Å². The van der Waals surface area contributed by atoms with Gasteiger partial charge in [0.15, 0.2) is 0 Å². The van der Waals surface area contributed by atoms with E-state index in [2.05, 4.69) is 68.8 Å². The van der Waals surface area contributed by atoms with Gasteiger partial charge in [-0.3, -0.25) is 0 Å². The van der Waals surface area contributed by atoms with E-state index in [1.165, 1.54) is 37.7 Å². The fourth-order valence-corrected chi connectivity index (χ4v) is 3.67. The molecular formula is C22H30N2. The van der Waals surface area contributed by atoms with Crippen molar-refractivity contribution in [2.24, 2.45) is 0 Å². The van der Waals surface area contributed by atoms with Crippen LogP contribution in [-0.4, -0.2) is 6.04 Å². The summed E-state index contributed by atoms with van der Waals surface area (Å²) in [6.07, 6.45) is 6.54. The van der Waals surface area contributed by atoms with Gasteiger partial charge in [0, 0.05) is 22.9 Å². The van der Waals surface area contributed by atoms with E-state index < -0.39 is 0 Å². The topological polar surface area (TPSA) is 24.1 Å². The fourth-order valence-electron chi connectivity index (χ4n) is 3.67. The Kier molecular flexibility index (Phi) is 4.58. The summed E-state index contributed by atoms with van der Waals surface area (Å²) in [6.45, 7) is 15.1. The van der Waals surface area contributed by atoms with Gasteiger partial charge in [-0.1, -0.05) is 71.4 Å². The monoisotopic (exact) mass is 322 g/mol. The molecule has 2 N–H and O–H groups in total.